The summed E-state index contributed by atoms with van der Waals surface area (Å²) in [4.78, 5) is 14.5. The van der Waals surface area contributed by atoms with E-state index in [1.807, 2.05) is 41.8 Å². The highest BCUT2D eigenvalue weighted by Gasteiger charge is 2.31. The first kappa shape index (κ1) is 17.2. The topological polar surface area (TPSA) is 60.2 Å². The van der Waals surface area contributed by atoms with E-state index in [0.717, 1.165) is 11.4 Å². The zero-order chi connectivity index (χ0) is 19.0. The lowest BCUT2D eigenvalue weighted by Crippen LogP contribution is -2.40. The Morgan fingerprint density at radius 2 is 1.96 bits per heavy atom. The molecule has 0 spiro atoms. The summed E-state index contributed by atoms with van der Waals surface area (Å²) in [6, 6.07) is 13.9. The molecule has 7 heteroatoms. The summed E-state index contributed by atoms with van der Waals surface area (Å²) >= 11 is 0. The van der Waals surface area contributed by atoms with Crippen LogP contribution in [0.1, 0.15) is 29.1 Å². The van der Waals surface area contributed by atoms with Gasteiger partial charge in [0.05, 0.1) is 25.3 Å². The molecule has 1 aliphatic heterocycles. The maximum Gasteiger partial charge on any atom is 0.257 e. The average Bonchev–Trinajstić information content (AvgIpc) is 3.13. The molecule has 0 aliphatic carbocycles. The zero-order valence-corrected chi connectivity index (χ0v) is 15.1. The molecule has 1 aliphatic rings. The zero-order valence-electron chi connectivity index (χ0n) is 15.1. The van der Waals surface area contributed by atoms with Crippen LogP contribution in [0.4, 0.5) is 4.39 Å². The lowest BCUT2D eigenvalue weighted by Gasteiger charge is -2.32. The van der Waals surface area contributed by atoms with Crippen molar-refractivity contribution in [3.8, 4) is 17.1 Å². The number of fused-ring (bicyclic) bond motifs is 1. The van der Waals surface area contributed by atoms with Gasteiger partial charge in [-0.3, -0.25) is 4.79 Å². The molecule has 6 nitrogen and oxygen atoms in total. The Bertz CT molecular complexity index is 987. The smallest absolute Gasteiger partial charge is 0.257 e. The van der Waals surface area contributed by atoms with Crippen molar-refractivity contribution in [2.24, 2.45) is 0 Å². The number of amides is 1. The van der Waals surface area contributed by atoms with Crippen LogP contribution in [0.2, 0.25) is 0 Å². The van der Waals surface area contributed by atoms with Crippen molar-refractivity contribution in [2.75, 3.05) is 13.7 Å². The van der Waals surface area contributed by atoms with Gasteiger partial charge in [0, 0.05) is 12.1 Å². The molecule has 4 rings (SSSR count). The minimum atomic E-state index is -0.564. The minimum Gasteiger partial charge on any atom is -0.497 e. The average molecular weight is 366 g/mol. The molecule has 0 saturated heterocycles. The second kappa shape index (κ2) is 6.83. The first-order chi connectivity index (χ1) is 13.1. The quantitative estimate of drug-likeness (QED) is 0.714. The van der Waals surface area contributed by atoms with Gasteiger partial charge in [-0.1, -0.05) is 30.3 Å². The molecule has 2 heterocycles. The van der Waals surface area contributed by atoms with Gasteiger partial charge in [-0.05, 0) is 25.1 Å². The summed E-state index contributed by atoms with van der Waals surface area (Å²) in [5, 5.41) is 8.58. The number of rotatable bonds is 3. The van der Waals surface area contributed by atoms with E-state index in [0.29, 0.717) is 18.1 Å². The van der Waals surface area contributed by atoms with Crippen LogP contribution in [0.25, 0.3) is 11.4 Å². The van der Waals surface area contributed by atoms with Crippen molar-refractivity contribution in [3.05, 3.63) is 65.7 Å². The second-order valence-electron chi connectivity index (χ2n) is 6.56. The van der Waals surface area contributed by atoms with Crippen molar-refractivity contribution < 1.29 is 13.9 Å². The van der Waals surface area contributed by atoms with Gasteiger partial charge in [-0.2, -0.15) is 0 Å². The van der Waals surface area contributed by atoms with Crippen LogP contribution in [0.15, 0.2) is 48.5 Å². The number of ether oxygens (including phenoxy) is 1. The number of carbonyl (C=O) groups is 1. The molecule has 0 unspecified atom stereocenters. The highest BCUT2D eigenvalue weighted by Crippen LogP contribution is 2.29. The van der Waals surface area contributed by atoms with Gasteiger partial charge in [-0.25, -0.2) is 4.39 Å². The maximum absolute atomic E-state index is 14.2. The number of aromatic nitrogens is 3. The molecular weight excluding hydrogens is 347 g/mol. The molecule has 27 heavy (non-hydrogen) atoms. The number of nitrogens with zero attached hydrogens (tertiary/aromatic N) is 4. The van der Waals surface area contributed by atoms with Gasteiger partial charge in [0.25, 0.3) is 5.91 Å². The Kier molecular flexibility index (Phi) is 4.35. The Morgan fingerprint density at radius 1 is 1.19 bits per heavy atom. The normalized spacial score (nSPS) is 16.1. The van der Waals surface area contributed by atoms with Crippen molar-refractivity contribution >= 4 is 5.91 Å². The van der Waals surface area contributed by atoms with Gasteiger partial charge in [-0.15, -0.1) is 10.2 Å². The van der Waals surface area contributed by atoms with E-state index in [-0.39, 0.29) is 24.1 Å². The first-order valence-electron chi connectivity index (χ1n) is 8.70. The summed E-state index contributed by atoms with van der Waals surface area (Å²) in [6.07, 6.45) is 0. The van der Waals surface area contributed by atoms with Crippen LogP contribution in [0.3, 0.4) is 0 Å². The molecule has 138 valence electrons. The highest BCUT2D eigenvalue weighted by molar-refractivity contribution is 5.95. The van der Waals surface area contributed by atoms with Gasteiger partial charge in [0.1, 0.15) is 11.6 Å². The number of carbonyl (C=O) groups excluding carboxylic acids is 1. The summed E-state index contributed by atoms with van der Waals surface area (Å²) in [6.45, 7) is 2.72. The summed E-state index contributed by atoms with van der Waals surface area (Å²) < 4.78 is 21.3. The van der Waals surface area contributed by atoms with Crippen molar-refractivity contribution in [3.63, 3.8) is 0 Å². The standard InChI is InChI=1S/C20H19FN4O2/c1-13-11-24(20(26)16-10-15(27-2)8-9-17(16)21)12-18-22-23-19(25(13)18)14-6-4-3-5-7-14/h3-10,13H,11-12H2,1-2H3/t13-/m0/s1. The number of hydrogen-bond acceptors (Lipinski definition) is 4. The summed E-state index contributed by atoms with van der Waals surface area (Å²) in [5.74, 6) is 0.959. The Morgan fingerprint density at radius 3 is 2.70 bits per heavy atom. The minimum absolute atomic E-state index is 0.00204. The molecule has 1 amide bonds. The Balaban J connectivity index is 1.65. The molecule has 0 N–H and O–H groups in total. The van der Waals surface area contributed by atoms with E-state index in [1.165, 1.54) is 25.3 Å². The summed E-state index contributed by atoms with van der Waals surface area (Å²) in [7, 11) is 1.48. The first-order valence-corrected chi connectivity index (χ1v) is 8.70. The fourth-order valence-corrected chi connectivity index (χ4v) is 3.43. The lowest BCUT2D eigenvalue weighted by atomic mass is 10.1. The lowest BCUT2D eigenvalue weighted by molar-refractivity contribution is 0.0677. The molecule has 3 aromatic rings. The van der Waals surface area contributed by atoms with Crippen LogP contribution in [0.5, 0.6) is 5.75 Å². The third kappa shape index (κ3) is 3.05. The third-order valence-electron chi connectivity index (χ3n) is 4.75. The molecule has 2 aromatic carbocycles. The van der Waals surface area contributed by atoms with Gasteiger partial charge >= 0.3 is 0 Å². The Labute approximate surface area is 156 Å². The van der Waals surface area contributed by atoms with E-state index in [1.54, 1.807) is 4.90 Å². The molecule has 0 bridgehead atoms. The van der Waals surface area contributed by atoms with E-state index < -0.39 is 5.82 Å². The number of methoxy groups -OCH3 is 1. The van der Waals surface area contributed by atoms with Crippen molar-refractivity contribution in [1.29, 1.82) is 0 Å². The van der Waals surface area contributed by atoms with Crippen molar-refractivity contribution in [2.45, 2.75) is 19.5 Å². The predicted octanol–water partition coefficient (Wildman–Crippen LogP) is 3.31. The molecule has 1 aromatic heterocycles. The van der Waals surface area contributed by atoms with Crippen LogP contribution in [-0.4, -0.2) is 39.2 Å². The fourth-order valence-electron chi connectivity index (χ4n) is 3.43. The molecule has 0 saturated carbocycles. The van der Waals surface area contributed by atoms with E-state index >= 15 is 0 Å². The molecule has 0 radical (unpaired) electrons. The number of halogens is 1. The van der Waals surface area contributed by atoms with Crippen LogP contribution < -0.4 is 4.74 Å². The Hall–Kier alpha value is -3.22. The monoisotopic (exact) mass is 366 g/mol. The van der Waals surface area contributed by atoms with Crippen LogP contribution in [-0.2, 0) is 6.54 Å². The predicted molar refractivity (Wildman–Crippen MR) is 97.9 cm³/mol. The number of hydrogen-bond donors (Lipinski definition) is 0. The van der Waals surface area contributed by atoms with Crippen molar-refractivity contribution in [1.82, 2.24) is 19.7 Å². The summed E-state index contributed by atoms with van der Waals surface area (Å²) in [5.41, 5.74) is 0.972. The third-order valence-corrected chi connectivity index (χ3v) is 4.75. The van der Waals surface area contributed by atoms with Crippen LogP contribution >= 0.6 is 0 Å². The van der Waals surface area contributed by atoms with E-state index in [4.69, 9.17) is 4.74 Å². The van der Waals surface area contributed by atoms with Crippen LogP contribution in [0, 0.1) is 5.82 Å². The second-order valence-corrected chi connectivity index (χ2v) is 6.56. The SMILES string of the molecule is COc1ccc(F)c(C(=O)N2Cc3nnc(-c4ccccc4)n3[C@@H](C)C2)c1. The van der Waals surface area contributed by atoms with Gasteiger partial charge < -0.3 is 14.2 Å². The molecule has 1 atom stereocenters. The molecular formula is C20H19FN4O2. The highest BCUT2D eigenvalue weighted by atomic mass is 19.1. The van der Waals surface area contributed by atoms with E-state index in [9.17, 15) is 9.18 Å². The van der Waals surface area contributed by atoms with Gasteiger partial charge in [0.2, 0.25) is 0 Å². The van der Waals surface area contributed by atoms with Gasteiger partial charge in [0.15, 0.2) is 11.6 Å². The van der Waals surface area contributed by atoms with E-state index in [2.05, 4.69) is 10.2 Å². The fraction of sp³-hybridized carbons (Fsp3) is 0.250. The molecule has 0 fully saturated rings. The maximum atomic E-state index is 14.2. The largest absolute Gasteiger partial charge is 0.497 e. The number of benzene rings is 2.